The van der Waals surface area contributed by atoms with Crippen LogP contribution in [0.1, 0.15) is 24.0 Å². The number of halogens is 3. The Hall–Kier alpha value is -1.85. The molecule has 170 valence electrons. The number of hydrogen-bond acceptors (Lipinski definition) is 4. The molecule has 0 bridgehead atoms. The highest BCUT2D eigenvalue weighted by molar-refractivity contribution is 7.90. The van der Waals surface area contributed by atoms with Crippen molar-refractivity contribution in [2.24, 2.45) is 10.9 Å². The summed E-state index contributed by atoms with van der Waals surface area (Å²) < 4.78 is 61.5. The van der Waals surface area contributed by atoms with E-state index < -0.39 is 15.5 Å². The number of aliphatic imine (C=N–C) groups is 1. The maximum absolute atomic E-state index is 12.7. The topological polar surface area (TPSA) is 77.0 Å². The van der Waals surface area contributed by atoms with Crippen molar-refractivity contribution < 1.29 is 21.6 Å². The molecule has 1 heterocycles. The van der Waals surface area contributed by atoms with Crippen molar-refractivity contribution in [3.05, 3.63) is 35.4 Å². The molecule has 0 unspecified atom stereocenters. The van der Waals surface area contributed by atoms with E-state index in [2.05, 4.69) is 32.7 Å². The van der Waals surface area contributed by atoms with Crippen molar-refractivity contribution in [1.29, 1.82) is 0 Å². The zero-order valence-electron chi connectivity index (χ0n) is 17.5. The molecular weight excluding hydrogens is 419 g/mol. The summed E-state index contributed by atoms with van der Waals surface area (Å²) in [6.45, 7) is 1.70. The van der Waals surface area contributed by atoms with E-state index in [9.17, 15) is 21.6 Å². The maximum Gasteiger partial charge on any atom is 0.511 e. The Morgan fingerprint density at radius 2 is 1.83 bits per heavy atom. The van der Waals surface area contributed by atoms with Crippen molar-refractivity contribution in [2.45, 2.75) is 31.4 Å². The van der Waals surface area contributed by atoms with Crippen LogP contribution >= 0.6 is 0 Å². The Kier molecular flexibility index (Phi) is 8.51. The van der Waals surface area contributed by atoms with Gasteiger partial charge in [0, 0.05) is 39.8 Å². The lowest BCUT2D eigenvalue weighted by Gasteiger charge is -2.31. The maximum atomic E-state index is 12.7. The Balaban J connectivity index is 1.79. The fraction of sp³-hybridized carbons (Fsp3) is 0.632. The summed E-state index contributed by atoms with van der Waals surface area (Å²) in [4.78, 5) is 6.27. The molecule has 0 amide bonds. The molecule has 0 radical (unpaired) electrons. The van der Waals surface area contributed by atoms with Gasteiger partial charge in [0.05, 0.1) is 0 Å². The van der Waals surface area contributed by atoms with Crippen LogP contribution in [0.4, 0.5) is 13.2 Å². The van der Waals surface area contributed by atoms with Crippen molar-refractivity contribution in [2.75, 3.05) is 40.8 Å². The van der Waals surface area contributed by atoms with E-state index in [1.54, 1.807) is 7.05 Å². The average molecular weight is 450 g/mol. The molecule has 0 atom stereocenters. The van der Waals surface area contributed by atoms with Crippen molar-refractivity contribution in [3.8, 4) is 0 Å². The molecule has 1 saturated heterocycles. The molecule has 11 heteroatoms. The summed E-state index contributed by atoms with van der Waals surface area (Å²) in [5.41, 5.74) is -2.92. The lowest BCUT2D eigenvalue weighted by molar-refractivity contribution is -0.0496. The van der Waals surface area contributed by atoms with Crippen molar-refractivity contribution >= 4 is 16.0 Å². The molecule has 0 aromatic heterocycles. The van der Waals surface area contributed by atoms with E-state index in [1.807, 2.05) is 26.2 Å². The molecule has 1 aromatic rings. The van der Waals surface area contributed by atoms with Crippen LogP contribution in [0, 0.1) is 5.92 Å². The Bertz CT molecular complexity index is 820. The number of hydrogen-bond donors (Lipinski definition) is 2. The number of rotatable bonds is 7. The molecular formula is C19H30F3N5O2S. The third-order valence-electron chi connectivity index (χ3n) is 4.94. The van der Waals surface area contributed by atoms with Gasteiger partial charge in [-0.2, -0.15) is 17.5 Å². The van der Waals surface area contributed by atoms with Gasteiger partial charge in [-0.1, -0.05) is 24.3 Å². The molecule has 1 aliphatic rings. The molecule has 1 aliphatic heterocycles. The fourth-order valence-corrected chi connectivity index (χ4v) is 4.33. The third kappa shape index (κ3) is 6.85. The third-order valence-corrected chi connectivity index (χ3v) is 6.57. The second-order valence-corrected chi connectivity index (χ2v) is 9.59. The molecule has 7 nitrogen and oxygen atoms in total. The van der Waals surface area contributed by atoms with Crippen LogP contribution in [-0.2, 0) is 23.1 Å². The van der Waals surface area contributed by atoms with Crippen molar-refractivity contribution in [3.63, 3.8) is 0 Å². The minimum atomic E-state index is -5.24. The Morgan fingerprint density at radius 1 is 1.20 bits per heavy atom. The minimum Gasteiger partial charge on any atom is -0.356 e. The normalized spacial score (nSPS) is 17.4. The van der Waals surface area contributed by atoms with Crippen LogP contribution in [0.15, 0.2) is 29.3 Å². The van der Waals surface area contributed by atoms with Crippen LogP contribution in [-0.4, -0.2) is 69.9 Å². The fourth-order valence-electron chi connectivity index (χ4n) is 3.35. The predicted octanol–water partition coefficient (Wildman–Crippen LogP) is 1.97. The number of nitrogens with one attached hydrogen (secondary N) is 2. The summed E-state index contributed by atoms with van der Waals surface area (Å²) >= 11 is 0. The van der Waals surface area contributed by atoms with Gasteiger partial charge in [-0.05, 0) is 44.0 Å². The highest BCUT2D eigenvalue weighted by atomic mass is 32.2. The van der Waals surface area contributed by atoms with Gasteiger partial charge in [0.2, 0.25) is 0 Å². The number of benzene rings is 1. The van der Waals surface area contributed by atoms with Gasteiger partial charge >= 0.3 is 15.5 Å². The molecule has 30 heavy (non-hydrogen) atoms. The van der Waals surface area contributed by atoms with Gasteiger partial charge in [-0.3, -0.25) is 4.99 Å². The van der Waals surface area contributed by atoms with Gasteiger partial charge in [0.15, 0.2) is 5.96 Å². The molecule has 1 aromatic carbocycles. The molecule has 1 fully saturated rings. The first-order valence-electron chi connectivity index (χ1n) is 9.76. The predicted molar refractivity (Wildman–Crippen MR) is 111 cm³/mol. The summed E-state index contributed by atoms with van der Waals surface area (Å²) in [6, 6.07) is 8.23. The molecule has 0 spiro atoms. The number of piperidine rings is 1. The van der Waals surface area contributed by atoms with E-state index in [0.717, 1.165) is 12.1 Å². The first kappa shape index (κ1) is 24.4. The van der Waals surface area contributed by atoms with Crippen LogP contribution in [0.5, 0.6) is 0 Å². The zero-order chi connectivity index (χ0) is 22.4. The van der Waals surface area contributed by atoms with Gasteiger partial charge in [0.1, 0.15) is 0 Å². The second kappa shape index (κ2) is 10.5. The lowest BCUT2D eigenvalue weighted by atomic mass is 9.98. The van der Waals surface area contributed by atoms with Crippen LogP contribution in [0.2, 0.25) is 0 Å². The van der Waals surface area contributed by atoms with Crippen LogP contribution in [0.25, 0.3) is 0 Å². The molecule has 0 saturated carbocycles. The summed E-state index contributed by atoms with van der Waals surface area (Å²) in [5.74, 6) is 0.671. The second-order valence-electron chi connectivity index (χ2n) is 7.66. The van der Waals surface area contributed by atoms with Crippen LogP contribution in [0.3, 0.4) is 0 Å². The Morgan fingerprint density at radius 3 is 2.40 bits per heavy atom. The standard InChI is InChI=1S/C19H30F3N5O2S/c1-23-18(25-13-16-5-4-6-17(11-16)14-26(2)3)24-12-15-7-9-27(10-8-15)30(28,29)19(20,21)22/h4-6,11,15H,7-10,12-14H2,1-3H3,(H2,23,24,25). The molecule has 2 rings (SSSR count). The summed E-state index contributed by atoms with van der Waals surface area (Å²) in [7, 11) is 0.441. The molecule has 2 N–H and O–H groups in total. The summed E-state index contributed by atoms with van der Waals surface area (Å²) in [5, 5.41) is 6.41. The largest absolute Gasteiger partial charge is 0.511 e. The van der Waals surface area contributed by atoms with Gasteiger partial charge in [-0.15, -0.1) is 0 Å². The lowest BCUT2D eigenvalue weighted by Crippen LogP contribution is -2.47. The summed E-state index contributed by atoms with van der Waals surface area (Å²) in [6.07, 6.45) is 0.734. The number of alkyl halides is 3. The first-order chi connectivity index (χ1) is 14.0. The first-order valence-corrected chi connectivity index (χ1v) is 11.2. The average Bonchev–Trinajstić information content (AvgIpc) is 2.67. The smallest absolute Gasteiger partial charge is 0.356 e. The number of nitrogens with zero attached hydrogens (tertiary/aromatic N) is 3. The van der Waals surface area contributed by atoms with E-state index >= 15 is 0 Å². The minimum absolute atomic E-state index is 0.0756. The zero-order valence-corrected chi connectivity index (χ0v) is 18.4. The van der Waals surface area contributed by atoms with E-state index in [1.165, 1.54) is 5.56 Å². The van der Waals surface area contributed by atoms with Gasteiger partial charge in [0.25, 0.3) is 0 Å². The number of sulfonamides is 1. The highest BCUT2D eigenvalue weighted by Gasteiger charge is 2.50. The molecule has 0 aliphatic carbocycles. The van der Waals surface area contributed by atoms with Gasteiger partial charge < -0.3 is 15.5 Å². The monoisotopic (exact) mass is 449 g/mol. The quantitative estimate of drug-likeness (QED) is 0.492. The van der Waals surface area contributed by atoms with E-state index in [4.69, 9.17) is 0 Å². The van der Waals surface area contributed by atoms with E-state index in [-0.39, 0.29) is 19.0 Å². The number of guanidine groups is 1. The van der Waals surface area contributed by atoms with Crippen LogP contribution < -0.4 is 10.6 Å². The van der Waals surface area contributed by atoms with E-state index in [0.29, 0.717) is 36.2 Å². The van der Waals surface area contributed by atoms with Crippen molar-refractivity contribution in [1.82, 2.24) is 19.8 Å². The van der Waals surface area contributed by atoms with Gasteiger partial charge in [-0.25, -0.2) is 8.42 Å². The highest BCUT2D eigenvalue weighted by Crippen LogP contribution is 2.30. The Labute approximate surface area is 176 Å². The SMILES string of the molecule is CN=C(NCc1cccc(CN(C)C)c1)NCC1CCN(S(=O)(=O)C(F)(F)F)CC1.